The standard InChI is InChI=1S/C22H29O4P/c1-6-7-12-22(2,27-20-11-9-8-10-16(20)15-23)18-13-17(24-3)14-19(25-4)21(18)26-5/h8-11,13-15,27H,6-7,12H2,1-5H3. The van der Waals surface area contributed by atoms with Crippen LogP contribution in [-0.2, 0) is 5.16 Å². The Balaban J connectivity index is 2.62. The predicted octanol–water partition coefficient (Wildman–Crippen LogP) is 4.93. The smallest absolute Gasteiger partial charge is 0.165 e. The first-order valence-electron chi connectivity index (χ1n) is 9.15. The topological polar surface area (TPSA) is 44.8 Å². The molecule has 146 valence electrons. The fourth-order valence-corrected chi connectivity index (χ4v) is 4.96. The van der Waals surface area contributed by atoms with Crippen LogP contribution in [0.3, 0.4) is 0 Å². The summed E-state index contributed by atoms with van der Waals surface area (Å²) in [6.07, 6.45) is 4.09. The van der Waals surface area contributed by atoms with Crippen LogP contribution < -0.4 is 19.5 Å². The number of aldehydes is 1. The van der Waals surface area contributed by atoms with Crippen molar-refractivity contribution in [2.45, 2.75) is 38.3 Å². The average molecular weight is 388 g/mol. The van der Waals surface area contributed by atoms with E-state index < -0.39 is 0 Å². The Kier molecular flexibility index (Phi) is 7.67. The Bertz CT molecular complexity index is 775. The second kappa shape index (κ2) is 9.75. The van der Waals surface area contributed by atoms with E-state index in [1.165, 1.54) is 0 Å². The summed E-state index contributed by atoms with van der Waals surface area (Å²) in [5.74, 6) is 2.12. The van der Waals surface area contributed by atoms with E-state index in [-0.39, 0.29) is 5.16 Å². The number of carbonyl (C=O) groups is 1. The Hall–Kier alpha value is -2.06. The molecule has 4 nitrogen and oxygen atoms in total. The highest BCUT2D eigenvalue weighted by atomic mass is 31.1. The molecule has 0 saturated carbocycles. The van der Waals surface area contributed by atoms with Crippen LogP contribution in [0.2, 0.25) is 0 Å². The molecule has 0 spiro atoms. The van der Waals surface area contributed by atoms with Crippen LogP contribution in [-0.4, -0.2) is 27.6 Å². The van der Waals surface area contributed by atoms with E-state index in [1.54, 1.807) is 21.3 Å². The molecule has 2 rings (SSSR count). The molecule has 2 aromatic rings. The number of carbonyl (C=O) groups excluding carboxylic acids is 1. The number of methoxy groups -OCH3 is 3. The fourth-order valence-electron chi connectivity index (χ4n) is 3.27. The zero-order valence-electron chi connectivity index (χ0n) is 16.8. The fraction of sp³-hybridized carbons (Fsp3) is 0.409. The number of rotatable bonds is 10. The van der Waals surface area contributed by atoms with E-state index in [0.717, 1.165) is 53.5 Å². The molecule has 0 N–H and O–H groups in total. The van der Waals surface area contributed by atoms with Crippen LogP contribution in [0.25, 0.3) is 0 Å². The maximum atomic E-state index is 11.5. The molecule has 2 aromatic carbocycles. The maximum absolute atomic E-state index is 11.5. The lowest BCUT2D eigenvalue weighted by atomic mass is 9.92. The Morgan fingerprint density at radius 2 is 1.81 bits per heavy atom. The lowest BCUT2D eigenvalue weighted by Crippen LogP contribution is -2.22. The third kappa shape index (κ3) is 4.81. The molecule has 0 amide bonds. The molecule has 0 bridgehead atoms. The van der Waals surface area contributed by atoms with Crippen LogP contribution in [0.5, 0.6) is 17.2 Å². The van der Waals surface area contributed by atoms with E-state index in [0.29, 0.717) is 14.3 Å². The second-order valence-corrected chi connectivity index (χ2v) is 8.57. The number of unbranched alkanes of at least 4 members (excludes halogenated alkanes) is 1. The third-order valence-electron chi connectivity index (χ3n) is 4.81. The molecule has 0 fully saturated rings. The van der Waals surface area contributed by atoms with E-state index in [2.05, 4.69) is 13.8 Å². The minimum Gasteiger partial charge on any atom is -0.497 e. The summed E-state index contributed by atoms with van der Waals surface area (Å²) in [6, 6.07) is 11.7. The van der Waals surface area contributed by atoms with Crippen molar-refractivity contribution in [1.82, 2.24) is 0 Å². The zero-order valence-corrected chi connectivity index (χ0v) is 17.8. The van der Waals surface area contributed by atoms with Gasteiger partial charge in [0.25, 0.3) is 0 Å². The Labute approximate surface area is 164 Å². The van der Waals surface area contributed by atoms with E-state index in [1.807, 2.05) is 36.4 Å². The van der Waals surface area contributed by atoms with Gasteiger partial charge in [-0.15, -0.1) is 0 Å². The molecule has 27 heavy (non-hydrogen) atoms. The van der Waals surface area contributed by atoms with Crippen molar-refractivity contribution >= 4 is 20.2 Å². The molecule has 0 aliphatic carbocycles. The van der Waals surface area contributed by atoms with Crippen molar-refractivity contribution in [2.24, 2.45) is 0 Å². The van der Waals surface area contributed by atoms with Gasteiger partial charge in [-0.05, 0) is 17.8 Å². The molecule has 0 radical (unpaired) electrons. The Morgan fingerprint density at radius 3 is 2.41 bits per heavy atom. The molecule has 0 aliphatic rings. The van der Waals surface area contributed by atoms with Gasteiger partial charge in [0.1, 0.15) is 5.75 Å². The third-order valence-corrected chi connectivity index (χ3v) is 6.61. The van der Waals surface area contributed by atoms with Gasteiger partial charge in [-0.3, -0.25) is 4.79 Å². The Morgan fingerprint density at radius 1 is 1.07 bits per heavy atom. The highest BCUT2D eigenvalue weighted by molar-refractivity contribution is 7.48. The number of hydrogen-bond donors (Lipinski definition) is 0. The van der Waals surface area contributed by atoms with Gasteiger partial charge in [0, 0.05) is 22.3 Å². The van der Waals surface area contributed by atoms with Crippen molar-refractivity contribution in [2.75, 3.05) is 21.3 Å². The lowest BCUT2D eigenvalue weighted by molar-refractivity contribution is 0.112. The molecule has 0 heterocycles. The van der Waals surface area contributed by atoms with Gasteiger partial charge in [0.05, 0.1) is 21.3 Å². The second-order valence-electron chi connectivity index (χ2n) is 6.68. The van der Waals surface area contributed by atoms with E-state index in [4.69, 9.17) is 14.2 Å². The highest BCUT2D eigenvalue weighted by Crippen LogP contribution is 2.52. The van der Waals surface area contributed by atoms with Crippen molar-refractivity contribution in [3.05, 3.63) is 47.5 Å². The van der Waals surface area contributed by atoms with Gasteiger partial charge in [-0.1, -0.05) is 59.5 Å². The lowest BCUT2D eigenvalue weighted by Gasteiger charge is -2.33. The molecule has 0 aliphatic heterocycles. The zero-order chi connectivity index (χ0) is 19.9. The minimum absolute atomic E-state index is 0.206. The van der Waals surface area contributed by atoms with Crippen molar-refractivity contribution in [3.8, 4) is 17.2 Å². The first-order chi connectivity index (χ1) is 13.0. The van der Waals surface area contributed by atoms with Gasteiger partial charge in [0.15, 0.2) is 17.8 Å². The summed E-state index contributed by atoms with van der Waals surface area (Å²) < 4.78 is 16.8. The molecular weight excluding hydrogens is 359 g/mol. The molecule has 2 unspecified atom stereocenters. The molecule has 5 heteroatoms. The first-order valence-corrected chi connectivity index (χ1v) is 10.2. The van der Waals surface area contributed by atoms with E-state index >= 15 is 0 Å². The van der Waals surface area contributed by atoms with Crippen molar-refractivity contribution in [1.29, 1.82) is 0 Å². The van der Waals surface area contributed by atoms with Crippen LogP contribution >= 0.6 is 8.58 Å². The normalized spacial score (nSPS) is 13.4. The molecule has 2 atom stereocenters. The molecule has 0 aromatic heterocycles. The van der Waals surface area contributed by atoms with Crippen LogP contribution in [0.15, 0.2) is 36.4 Å². The average Bonchev–Trinajstić information content (AvgIpc) is 2.71. The van der Waals surface area contributed by atoms with Crippen LogP contribution in [0, 0.1) is 0 Å². The summed E-state index contributed by atoms with van der Waals surface area (Å²) >= 11 is 0. The van der Waals surface area contributed by atoms with E-state index in [9.17, 15) is 4.79 Å². The van der Waals surface area contributed by atoms with Gasteiger partial charge in [0.2, 0.25) is 0 Å². The van der Waals surface area contributed by atoms with Gasteiger partial charge >= 0.3 is 0 Å². The highest BCUT2D eigenvalue weighted by Gasteiger charge is 2.33. The quantitative estimate of drug-likeness (QED) is 0.427. The number of benzene rings is 2. The summed E-state index contributed by atoms with van der Waals surface area (Å²) in [6.45, 7) is 4.42. The van der Waals surface area contributed by atoms with Gasteiger partial charge in [-0.2, -0.15) is 0 Å². The minimum atomic E-state index is -0.206. The van der Waals surface area contributed by atoms with Crippen molar-refractivity contribution in [3.63, 3.8) is 0 Å². The van der Waals surface area contributed by atoms with Gasteiger partial charge in [-0.25, -0.2) is 0 Å². The number of ether oxygens (including phenoxy) is 3. The summed E-state index contributed by atoms with van der Waals surface area (Å²) in [4.78, 5) is 11.5. The van der Waals surface area contributed by atoms with Gasteiger partial charge < -0.3 is 14.2 Å². The summed E-state index contributed by atoms with van der Waals surface area (Å²) in [5, 5.41) is 0.859. The summed E-state index contributed by atoms with van der Waals surface area (Å²) in [5.41, 5.74) is 1.79. The number of hydrogen-bond acceptors (Lipinski definition) is 4. The van der Waals surface area contributed by atoms with Crippen molar-refractivity contribution < 1.29 is 19.0 Å². The van der Waals surface area contributed by atoms with Crippen LogP contribution in [0.1, 0.15) is 49.0 Å². The largest absolute Gasteiger partial charge is 0.497 e. The SMILES string of the molecule is CCCCC(C)(Pc1ccccc1C=O)c1cc(OC)cc(OC)c1OC. The monoisotopic (exact) mass is 388 g/mol. The first kappa shape index (κ1) is 21.2. The molecular formula is C22H29O4P. The van der Waals surface area contributed by atoms with Crippen LogP contribution in [0.4, 0.5) is 0 Å². The maximum Gasteiger partial charge on any atom is 0.165 e. The summed E-state index contributed by atoms with van der Waals surface area (Å²) in [7, 11) is 5.36. The molecule has 0 saturated heterocycles. The predicted molar refractivity (Wildman–Crippen MR) is 113 cm³/mol.